The minimum absolute atomic E-state index is 0.0187. The Hall–Kier alpha value is -4.27. The van der Waals surface area contributed by atoms with Crippen molar-refractivity contribution in [1.82, 2.24) is 25.8 Å². The molecule has 9 heteroatoms. The molecule has 2 aromatic carbocycles. The van der Waals surface area contributed by atoms with Crippen LogP contribution in [-0.4, -0.2) is 26.8 Å². The van der Waals surface area contributed by atoms with Crippen LogP contribution in [0.15, 0.2) is 63.9 Å². The Morgan fingerprint density at radius 2 is 1.58 bits per heavy atom. The van der Waals surface area contributed by atoms with Crippen molar-refractivity contribution in [1.29, 1.82) is 0 Å². The first-order chi connectivity index (χ1) is 15.0. The lowest BCUT2D eigenvalue weighted by atomic mass is 10.1. The first-order valence-electron chi connectivity index (χ1n) is 9.53. The highest BCUT2D eigenvalue weighted by molar-refractivity contribution is 6.06. The molecule has 31 heavy (non-hydrogen) atoms. The summed E-state index contributed by atoms with van der Waals surface area (Å²) in [6.45, 7) is 3.43. The number of amides is 2. The van der Waals surface area contributed by atoms with Crippen LogP contribution < -0.4 is 16.4 Å². The van der Waals surface area contributed by atoms with E-state index in [1.54, 1.807) is 38.1 Å². The van der Waals surface area contributed by atoms with Gasteiger partial charge in [-0.2, -0.15) is 5.10 Å². The maximum absolute atomic E-state index is 12.9. The van der Waals surface area contributed by atoms with Gasteiger partial charge >= 0.3 is 0 Å². The predicted molar refractivity (Wildman–Crippen MR) is 112 cm³/mol. The van der Waals surface area contributed by atoms with Gasteiger partial charge in [0.2, 0.25) is 0 Å². The Morgan fingerprint density at radius 1 is 0.935 bits per heavy atom. The normalized spacial score (nSPS) is 10.8. The summed E-state index contributed by atoms with van der Waals surface area (Å²) >= 11 is 0. The van der Waals surface area contributed by atoms with Crippen LogP contribution in [0.4, 0.5) is 0 Å². The van der Waals surface area contributed by atoms with Crippen molar-refractivity contribution in [2.75, 3.05) is 0 Å². The zero-order valence-electron chi connectivity index (χ0n) is 16.9. The molecule has 0 atom stereocenters. The number of nitrogens with zero attached hydrogens (tertiary/aromatic N) is 3. The minimum Gasteiger partial charge on any atom is -0.361 e. The quantitative estimate of drug-likeness (QED) is 0.491. The molecule has 4 rings (SSSR count). The average Bonchev–Trinajstić information content (AvgIpc) is 3.12. The molecule has 0 aliphatic heterocycles. The van der Waals surface area contributed by atoms with Crippen LogP contribution in [0.3, 0.4) is 0 Å². The highest BCUT2D eigenvalue weighted by Crippen LogP contribution is 2.14. The summed E-state index contributed by atoms with van der Waals surface area (Å²) in [5.41, 5.74) is 5.93. The van der Waals surface area contributed by atoms with Gasteiger partial charge in [-0.25, -0.2) is 4.68 Å². The fraction of sp³-hybridized carbons (Fsp3) is 0.136. The number of benzene rings is 2. The first-order valence-corrected chi connectivity index (χ1v) is 9.53. The molecule has 0 bridgehead atoms. The summed E-state index contributed by atoms with van der Waals surface area (Å²) in [6, 6.07) is 16.0. The van der Waals surface area contributed by atoms with E-state index in [0.29, 0.717) is 22.2 Å². The van der Waals surface area contributed by atoms with Gasteiger partial charge in [0.25, 0.3) is 17.4 Å². The van der Waals surface area contributed by atoms with Crippen LogP contribution in [0.1, 0.15) is 37.9 Å². The van der Waals surface area contributed by atoms with E-state index >= 15 is 0 Å². The number of fused-ring (bicyclic) bond motifs is 1. The predicted octanol–water partition coefficient (Wildman–Crippen LogP) is 2.12. The number of carbonyl (C=O) groups excluding carboxylic acids is 2. The molecule has 0 aliphatic carbocycles. The minimum atomic E-state index is -0.655. The Morgan fingerprint density at radius 3 is 2.26 bits per heavy atom. The molecule has 0 saturated heterocycles. The molecule has 2 aromatic heterocycles. The van der Waals surface area contributed by atoms with Crippen molar-refractivity contribution in [3.05, 3.63) is 93.2 Å². The van der Waals surface area contributed by atoms with E-state index in [1.165, 1.54) is 4.68 Å². The van der Waals surface area contributed by atoms with Gasteiger partial charge in [-0.3, -0.25) is 25.2 Å². The zero-order chi connectivity index (χ0) is 22.0. The third kappa shape index (κ3) is 3.93. The van der Waals surface area contributed by atoms with Crippen LogP contribution in [-0.2, 0) is 6.54 Å². The number of hydrogen-bond acceptors (Lipinski definition) is 6. The van der Waals surface area contributed by atoms with Gasteiger partial charge in [0.15, 0.2) is 5.69 Å². The number of nitrogens with one attached hydrogen (secondary N) is 2. The van der Waals surface area contributed by atoms with Gasteiger partial charge in [0.05, 0.1) is 17.6 Å². The maximum atomic E-state index is 12.9. The fourth-order valence-corrected chi connectivity index (χ4v) is 3.31. The van der Waals surface area contributed by atoms with E-state index in [1.807, 2.05) is 30.3 Å². The number of rotatable bonds is 4. The van der Waals surface area contributed by atoms with E-state index in [4.69, 9.17) is 4.52 Å². The summed E-state index contributed by atoms with van der Waals surface area (Å²) in [7, 11) is 0. The fourth-order valence-electron chi connectivity index (χ4n) is 3.31. The molecule has 0 aliphatic rings. The Bertz CT molecular complexity index is 1320. The Kier molecular flexibility index (Phi) is 5.31. The SMILES string of the molecule is Cc1noc(C)c1C(=O)NNC(=O)c1nn(Cc2ccccc2)c(=O)c2ccccc12. The van der Waals surface area contributed by atoms with Crippen molar-refractivity contribution in [2.24, 2.45) is 0 Å². The number of hydrogen-bond donors (Lipinski definition) is 2. The van der Waals surface area contributed by atoms with Crippen LogP contribution >= 0.6 is 0 Å². The summed E-state index contributed by atoms with van der Waals surface area (Å²) in [4.78, 5) is 38.2. The zero-order valence-corrected chi connectivity index (χ0v) is 16.9. The van der Waals surface area contributed by atoms with Crippen molar-refractivity contribution in [2.45, 2.75) is 20.4 Å². The van der Waals surface area contributed by atoms with Gasteiger partial charge in [0, 0.05) is 5.39 Å². The van der Waals surface area contributed by atoms with E-state index in [2.05, 4.69) is 21.1 Å². The van der Waals surface area contributed by atoms with Crippen LogP contribution in [0, 0.1) is 13.8 Å². The summed E-state index contributed by atoms with van der Waals surface area (Å²) < 4.78 is 6.22. The first kappa shape index (κ1) is 20.0. The lowest BCUT2D eigenvalue weighted by Crippen LogP contribution is -2.43. The van der Waals surface area contributed by atoms with Crippen LogP contribution in [0.2, 0.25) is 0 Å². The summed E-state index contributed by atoms with van der Waals surface area (Å²) in [6.07, 6.45) is 0. The van der Waals surface area contributed by atoms with Crippen molar-refractivity contribution in [3.8, 4) is 0 Å². The molecule has 2 amide bonds. The molecule has 156 valence electrons. The van der Waals surface area contributed by atoms with E-state index < -0.39 is 11.8 Å². The molecule has 0 radical (unpaired) electrons. The molecule has 0 saturated carbocycles. The molecule has 2 heterocycles. The van der Waals surface area contributed by atoms with E-state index in [-0.39, 0.29) is 23.4 Å². The molecule has 0 unspecified atom stereocenters. The van der Waals surface area contributed by atoms with Crippen LogP contribution in [0.25, 0.3) is 10.8 Å². The highest BCUT2D eigenvalue weighted by Gasteiger charge is 2.20. The second-order valence-corrected chi connectivity index (χ2v) is 6.95. The third-order valence-electron chi connectivity index (χ3n) is 4.81. The van der Waals surface area contributed by atoms with E-state index in [9.17, 15) is 14.4 Å². The number of aryl methyl sites for hydroxylation is 2. The lowest BCUT2D eigenvalue weighted by molar-refractivity contribution is 0.0842. The largest absolute Gasteiger partial charge is 0.361 e. The number of carbonyl (C=O) groups is 2. The van der Waals surface area contributed by atoms with Gasteiger partial charge < -0.3 is 4.52 Å². The van der Waals surface area contributed by atoms with Crippen molar-refractivity contribution >= 4 is 22.6 Å². The number of aromatic nitrogens is 3. The van der Waals surface area contributed by atoms with Crippen molar-refractivity contribution < 1.29 is 14.1 Å². The van der Waals surface area contributed by atoms with Crippen LogP contribution in [0.5, 0.6) is 0 Å². The third-order valence-corrected chi connectivity index (χ3v) is 4.81. The lowest BCUT2D eigenvalue weighted by Gasteiger charge is -2.12. The molecule has 0 spiro atoms. The van der Waals surface area contributed by atoms with Gasteiger partial charge in [-0.15, -0.1) is 0 Å². The average molecular weight is 417 g/mol. The second-order valence-electron chi connectivity index (χ2n) is 6.95. The topological polar surface area (TPSA) is 119 Å². The summed E-state index contributed by atoms with van der Waals surface area (Å²) in [5.74, 6) is -0.881. The molecule has 2 N–H and O–H groups in total. The standard InChI is InChI=1S/C22H19N5O4/c1-13-18(14(2)31-26-13)20(28)23-24-21(29)19-16-10-6-7-11-17(16)22(30)27(25-19)12-15-8-4-3-5-9-15/h3-11H,12H2,1-2H3,(H,23,28)(H,24,29). The molecule has 4 aromatic rings. The maximum Gasteiger partial charge on any atom is 0.290 e. The van der Waals surface area contributed by atoms with Gasteiger partial charge in [0.1, 0.15) is 11.3 Å². The molecule has 9 nitrogen and oxygen atoms in total. The van der Waals surface area contributed by atoms with Crippen molar-refractivity contribution in [3.63, 3.8) is 0 Å². The molecular formula is C22H19N5O4. The summed E-state index contributed by atoms with van der Waals surface area (Å²) in [5, 5.41) is 8.75. The highest BCUT2D eigenvalue weighted by atomic mass is 16.5. The Balaban J connectivity index is 1.66. The second kappa shape index (κ2) is 8.23. The van der Waals surface area contributed by atoms with Gasteiger partial charge in [-0.05, 0) is 25.5 Å². The molecular weight excluding hydrogens is 398 g/mol. The molecule has 0 fully saturated rings. The monoisotopic (exact) mass is 417 g/mol. The van der Waals surface area contributed by atoms with Gasteiger partial charge in [-0.1, -0.05) is 53.7 Å². The smallest absolute Gasteiger partial charge is 0.290 e. The van der Waals surface area contributed by atoms with E-state index in [0.717, 1.165) is 5.56 Å². The Labute approximate surface area is 176 Å². The number of hydrazine groups is 1.